The number of hydrogen-bond donors (Lipinski definition) is 1. The van der Waals surface area contributed by atoms with Crippen molar-refractivity contribution in [3.05, 3.63) is 65.1 Å². The molecule has 1 aromatic carbocycles. The van der Waals surface area contributed by atoms with Crippen molar-refractivity contribution in [3.8, 4) is 11.8 Å². The van der Waals surface area contributed by atoms with E-state index in [1.807, 2.05) is 29.3 Å². The Bertz CT molecular complexity index is 1010. The van der Waals surface area contributed by atoms with Gasteiger partial charge in [-0.3, -0.25) is 9.80 Å². The van der Waals surface area contributed by atoms with Gasteiger partial charge in [0.1, 0.15) is 18.2 Å². The number of ketones is 1. The molecule has 1 saturated heterocycles. The summed E-state index contributed by atoms with van der Waals surface area (Å²) in [6.07, 6.45) is 2.84. The van der Waals surface area contributed by atoms with E-state index in [9.17, 15) is 10.1 Å². The fourth-order valence-corrected chi connectivity index (χ4v) is 4.81. The van der Waals surface area contributed by atoms with E-state index in [4.69, 9.17) is 15.2 Å². The average Bonchev–Trinajstić information content (AvgIpc) is 2.77. The summed E-state index contributed by atoms with van der Waals surface area (Å²) < 4.78 is 11.1. The van der Waals surface area contributed by atoms with E-state index in [1.54, 1.807) is 6.08 Å². The van der Waals surface area contributed by atoms with Gasteiger partial charge < -0.3 is 15.2 Å². The number of nitriles is 1. The van der Waals surface area contributed by atoms with E-state index >= 15 is 0 Å². The van der Waals surface area contributed by atoms with Crippen molar-refractivity contribution >= 4 is 5.78 Å². The zero-order chi connectivity index (χ0) is 22.9. The van der Waals surface area contributed by atoms with Crippen molar-refractivity contribution in [2.75, 3.05) is 32.9 Å². The zero-order valence-corrected chi connectivity index (χ0v) is 18.8. The number of Topliss-reactive ketones (excluding diaryl/α,β-unsaturated/α-hetero) is 1. The van der Waals surface area contributed by atoms with Gasteiger partial charge in [-0.15, -0.1) is 0 Å². The van der Waals surface area contributed by atoms with Gasteiger partial charge in [0, 0.05) is 30.8 Å². The number of nitrogens with zero attached hydrogens (tertiary/aromatic N) is 3. The van der Waals surface area contributed by atoms with Crippen LogP contribution in [0.5, 0.6) is 5.75 Å². The number of morpholine rings is 1. The van der Waals surface area contributed by atoms with Gasteiger partial charge in [-0.05, 0) is 29.5 Å². The number of nitrogens with two attached hydrogens (primary N) is 1. The lowest BCUT2D eigenvalue weighted by molar-refractivity contribution is -0.119. The molecule has 1 unspecified atom stereocenters. The second-order valence-corrected chi connectivity index (χ2v) is 9.19. The Morgan fingerprint density at radius 2 is 1.97 bits per heavy atom. The van der Waals surface area contributed by atoms with Crippen molar-refractivity contribution in [2.45, 2.75) is 32.6 Å². The quantitative estimate of drug-likeness (QED) is 0.711. The average molecular weight is 435 g/mol. The first kappa shape index (κ1) is 22.1. The summed E-state index contributed by atoms with van der Waals surface area (Å²) >= 11 is 0. The normalized spacial score (nSPS) is 23.6. The summed E-state index contributed by atoms with van der Waals surface area (Å²) in [5.41, 5.74) is 9.32. The second-order valence-electron chi connectivity index (χ2n) is 9.19. The largest absolute Gasteiger partial charge is 0.490 e. The van der Waals surface area contributed by atoms with Crippen LogP contribution in [0.1, 0.15) is 38.2 Å². The maximum absolute atomic E-state index is 13.5. The van der Waals surface area contributed by atoms with Crippen LogP contribution in [0.2, 0.25) is 0 Å². The van der Waals surface area contributed by atoms with Gasteiger partial charge in [0.2, 0.25) is 0 Å². The number of rotatable bonds is 5. The van der Waals surface area contributed by atoms with E-state index in [2.05, 4.69) is 31.5 Å². The van der Waals surface area contributed by atoms with Crippen molar-refractivity contribution in [2.24, 2.45) is 11.1 Å². The first-order valence-electron chi connectivity index (χ1n) is 11.0. The minimum atomic E-state index is -0.482. The summed E-state index contributed by atoms with van der Waals surface area (Å²) in [4.78, 5) is 13.5. The smallest absolute Gasteiger partial charge is 0.162 e. The van der Waals surface area contributed by atoms with Gasteiger partial charge in [-0.25, -0.2) is 5.01 Å². The fraction of sp³-hybridized carbons (Fsp3) is 0.440. The van der Waals surface area contributed by atoms with Crippen molar-refractivity contribution < 1.29 is 14.3 Å². The van der Waals surface area contributed by atoms with Crippen LogP contribution in [-0.2, 0) is 9.53 Å². The molecule has 2 heterocycles. The van der Waals surface area contributed by atoms with Gasteiger partial charge in [-0.2, -0.15) is 5.26 Å². The molecule has 2 aliphatic heterocycles. The minimum Gasteiger partial charge on any atom is -0.490 e. The summed E-state index contributed by atoms with van der Waals surface area (Å²) in [6.45, 7) is 10.8. The Kier molecular flexibility index (Phi) is 6.09. The van der Waals surface area contributed by atoms with Crippen LogP contribution >= 0.6 is 0 Å². The lowest BCUT2D eigenvalue weighted by atomic mass is 9.69. The molecule has 4 rings (SSSR count). The summed E-state index contributed by atoms with van der Waals surface area (Å²) in [6, 6.07) is 9.86. The standard InChI is InChI=1S/C25H30N4O3/c1-4-11-32-18-7-5-17(6-8-18)22-19(16-26)24(27)29(28-9-12-31-13-10-28)20-14-25(2,3)15-21(30)23(20)22/h4-8,22H,1,9-15,27H2,2-3H3. The van der Waals surface area contributed by atoms with Gasteiger partial charge in [0.25, 0.3) is 0 Å². The molecular weight excluding hydrogens is 404 g/mol. The Morgan fingerprint density at radius 3 is 2.59 bits per heavy atom. The number of hydrazine groups is 1. The first-order valence-corrected chi connectivity index (χ1v) is 11.0. The van der Waals surface area contributed by atoms with E-state index in [0.717, 1.165) is 11.3 Å². The molecule has 0 bridgehead atoms. The highest BCUT2D eigenvalue weighted by atomic mass is 16.5. The number of ether oxygens (including phenoxy) is 2. The Balaban J connectivity index is 1.83. The third-order valence-electron chi connectivity index (χ3n) is 6.21. The maximum atomic E-state index is 13.5. The molecule has 0 spiro atoms. The van der Waals surface area contributed by atoms with E-state index in [-0.39, 0.29) is 11.2 Å². The number of carbonyl (C=O) groups is 1. The predicted octanol–water partition coefficient (Wildman–Crippen LogP) is 3.23. The van der Waals surface area contributed by atoms with Crippen LogP contribution in [0.4, 0.5) is 0 Å². The molecule has 7 nitrogen and oxygen atoms in total. The zero-order valence-electron chi connectivity index (χ0n) is 18.8. The molecule has 3 aliphatic rings. The molecule has 1 aliphatic carbocycles. The van der Waals surface area contributed by atoms with Gasteiger partial charge in [0.05, 0.1) is 30.8 Å². The predicted molar refractivity (Wildman–Crippen MR) is 121 cm³/mol. The van der Waals surface area contributed by atoms with Gasteiger partial charge >= 0.3 is 0 Å². The molecule has 1 aromatic rings. The van der Waals surface area contributed by atoms with Crippen LogP contribution in [0, 0.1) is 16.7 Å². The highest BCUT2D eigenvalue weighted by molar-refractivity contribution is 6.00. The third-order valence-corrected chi connectivity index (χ3v) is 6.21. The van der Waals surface area contributed by atoms with Gasteiger partial charge in [-0.1, -0.05) is 38.6 Å². The molecule has 168 valence electrons. The van der Waals surface area contributed by atoms with Crippen LogP contribution in [-0.4, -0.2) is 48.7 Å². The molecule has 1 atom stereocenters. The molecule has 0 amide bonds. The number of hydrogen-bond acceptors (Lipinski definition) is 7. The second kappa shape index (κ2) is 8.81. The minimum absolute atomic E-state index is 0.0757. The molecule has 0 saturated carbocycles. The summed E-state index contributed by atoms with van der Waals surface area (Å²) in [5.74, 6) is 0.701. The Labute approximate surface area is 189 Å². The lowest BCUT2D eigenvalue weighted by Gasteiger charge is -2.48. The monoisotopic (exact) mass is 434 g/mol. The van der Waals surface area contributed by atoms with E-state index in [0.29, 0.717) is 68.5 Å². The molecule has 0 aromatic heterocycles. The lowest BCUT2D eigenvalue weighted by Crippen LogP contribution is -2.53. The van der Waals surface area contributed by atoms with Crippen LogP contribution in [0.25, 0.3) is 0 Å². The van der Waals surface area contributed by atoms with Gasteiger partial charge in [0.15, 0.2) is 5.78 Å². The Hall–Kier alpha value is -3.08. The van der Waals surface area contributed by atoms with Crippen LogP contribution in [0.15, 0.2) is 59.6 Å². The molecule has 7 heteroatoms. The number of allylic oxidation sites excluding steroid dienone is 3. The van der Waals surface area contributed by atoms with Crippen LogP contribution in [0.3, 0.4) is 0 Å². The Morgan fingerprint density at radius 1 is 1.28 bits per heavy atom. The van der Waals surface area contributed by atoms with E-state index in [1.165, 1.54) is 0 Å². The third kappa shape index (κ3) is 4.04. The van der Waals surface area contributed by atoms with E-state index < -0.39 is 5.92 Å². The first-order chi connectivity index (χ1) is 15.4. The maximum Gasteiger partial charge on any atom is 0.162 e. The molecule has 2 N–H and O–H groups in total. The number of benzene rings is 1. The SMILES string of the molecule is C=CCOc1ccc(C2C(C#N)=C(N)N(N3CCOCC3)C3=C2C(=O)CC(C)(C)C3)cc1. The molecule has 1 fully saturated rings. The van der Waals surface area contributed by atoms with Crippen LogP contribution < -0.4 is 10.5 Å². The van der Waals surface area contributed by atoms with Crippen molar-refractivity contribution in [1.29, 1.82) is 5.26 Å². The highest BCUT2D eigenvalue weighted by Gasteiger charge is 2.45. The molecule has 32 heavy (non-hydrogen) atoms. The fourth-order valence-electron chi connectivity index (χ4n) is 4.81. The van der Waals surface area contributed by atoms with Crippen molar-refractivity contribution in [3.63, 3.8) is 0 Å². The highest BCUT2D eigenvalue weighted by Crippen LogP contribution is 2.49. The molecule has 0 radical (unpaired) electrons. The summed E-state index contributed by atoms with van der Waals surface area (Å²) in [7, 11) is 0. The topological polar surface area (TPSA) is 91.8 Å². The number of carbonyl (C=O) groups excluding carboxylic acids is 1. The summed E-state index contributed by atoms with van der Waals surface area (Å²) in [5, 5.41) is 14.2. The van der Waals surface area contributed by atoms with Crippen molar-refractivity contribution in [1.82, 2.24) is 10.0 Å². The molecular formula is C25H30N4O3.